The number of halogens is 1. The van der Waals surface area contributed by atoms with E-state index in [2.05, 4.69) is 20.9 Å². The van der Waals surface area contributed by atoms with Gasteiger partial charge >= 0.3 is 6.09 Å². The standard InChI is InChI=1S/C31H31ClN6O5S/c32-24-14-33-28(35-20-8-6-7-19(13-20)34-27(39)30-16-31(17-30,18-30)37-29(40)41)36-26(24)23-15-38(25-12-5-4-11-22(23)25)44(42,43)21-9-2-1-3-10-21/h1-5,9-12,14-15,19-20,37H,6-8,13,16-18H2,(H,34,39)(H,40,41)(H,33,35,36). The van der Waals surface area contributed by atoms with Gasteiger partial charge in [0.15, 0.2) is 0 Å². The number of hydrogen-bond donors (Lipinski definition) is 4. The molecule has 2 heterocycles. The number of fused-ring (bicyclic) bond motifs is 1. The number of carboxylic acid groups (broad SMARTS) is 1. The first-order valence-corrected chi connectivity index (χ1v) is 16.4. The molecule has 0 aliphatic heterocycles. The second kappa shape index (κ2) is 10.5. The van der Waals surface area contributed by atoms with Crippen LogP contribution >= 0.6 is 11.6 Å². The van der Waals surface area contributed by atoms with E-state index in [1.54, 1.807) is 48.7 Å². The van der Waals surface area contributed by atoms with Crippen LogP contribution in [0.4, 0.5) is 10.7 Å². The number of para-hydroxylation sites is 1. The van der Waals surface area contributed by atoms with E-state index in [4.69, 9.17) is 21.7 Å². The minimum atomic E-state index is -3.88. The largest absolute Gasteiger partial charge is 0.465 e. The average molecular weight is 635 g/mol. The van der Waals surface area contributed by atoms with Crippen molar-refractivity contribution in [2.24, 2.45) is 5.41 Å². The van der Waals surface area contributed by atoms with Gasteiger partial charge in [-0.15, -0.1) is 0 Å². The zero-order chi connectivity index (χ0) is 30.7. The molecule has 44 heavy (non-hydrogen) atoms. The monoisotopic (exact) mass is 634 g/mol. The van der Waals surface area contributed by atoms with Gasteiger partial charge in [0.2, 0.25) is 11.9 Å². The predicted molar refractivity (Wildman–Crippen MR) is 165 cm³/mol. The Morgan fingerprint density at radius 3 is 2.45 bits per heavy atom. The number of carbonyl (C=O) groups is 2. The Balaban J connectivity index is 1.09. The Bertz CT molecular complexity index is 1880. The van der Waals surface area contributed by atoms with Crippen molar-refractivity contribution >= 4 is 50.5 Å². The summed E-state index contributed by atoms with van der Waals surface area (Å²) in [5, 5.41) is 19.2. The molecule has 4 aliphatic rings. The summed E-state index contributed by atoms with van der Waals surface area (Å²) >= 11 is 6.60. The molecule has 8 rings (SSSR count). The molecule has 2 aromatic heterocycles. The van der Waals surface area contributed by atoms with Crippen molar-refractivity contribution in [1.29, 1.82) is 0 Å². The Morgan fingerprint density at radius 1 is 1.00 bits per heavy atom. The first kappa shape index (κ1) is 28.6. The van der Waals surface area contributed by atoms with Gasteiger partial charge in [0.1, 0.15) is 0 Å². The summed E-state index contributed by atoms with van der Waals surface area (Å²) in [4.78, 5) is 33.4. The Hall–Kier alpha value is -4.16. The number of hydrogen-bond acceptors (Lipinski definition) is 7. The van der Waals surface area contributed by atoms with Crippen LogP contribution in [-0.4, -0.2) is 57.1 Å². The second-order valence-corrected chi connectivity index (χ2v) is 14.5. The van der Waals surface area contributed by atoms with Crippen molar-refractivity contribution in [3.05, 3.63) is 72.0 Å². The van der Waals surface area contributed by atoms with Crippen molar-refractivity contribution < 1.29 is 23.1 Å². The fraction of sp³-hybridized carbons (Fsp3) is 0.355. The van der Waals surface area contributed by atoms with E-state index in [0.717, 1.165) is 19.3 Å². The van der Waals surface area contributed by atoms with Gasteiger partial charge in [0.25, 0.3) is 10.0 Å². The van der Waals surface area contributed by atoms with Crippen LogP contribution in [0, 0.1) is 5.41 Å². The van der Waals surface area contributed by atoms with Crippen molar-refractivity contribution in [2.45, 2.75) is 67.5 Å². The molecule has 0 spiro atoms. The number of nitrogens with one attached hydrogen (secondary N) is 3. The molecule has 2 amide bonds. The summed E-state index contributed by atoms with van der Waals surface area (Å²) in [6.45, 7) is 0. The molecule has 2 atom stereocenters. The minimum absolute atomic E-state index is 0.00379. The van der Waals surface area contributed by atoms with Crippen LogP contribution in [0.2, 0.25) is 5.02 Å². The highest BCUT2D eigenvalue weighted by Crippen LogP contribution is 2.67. The van der Waals surface area contributed by atoms with Gasteiger partial charge in [0, 0.05) is 34.8 Å². The van der Waals surface area contributed by atoms with Crippen LogP contribution < -0.4 is 16.0 Å². The molecule has 4 N–H and O–H groups in total. The average Bonchev–Trinajstić information content (AvgIpc) is 3.36. The third-order valence-electron chi connectivity index (χ3n) is 9.20. The predicted octanol–water partition coefficient (Wildman–Crippen LogP) is 5.02. The summed E-state index contributed by atoms with van der Waals surface area (Å²) in [5.41, 5.74) is 0.606. The van der Waals surface area contributed by atoms with Gasteiger partial charge in [-0.3, -0.25) is 4.79 Å². The lowest BCUT2D eigenvalue weighted by molar-refractivity contribution is -0.179. The van der Waals surface area contributed by atoms with Crippen LogP contribution in [0.3, 0.4) is 0 Å². The summed E-state index contributed by atoms with van der Waals surface area (Å²) in [7, 11) is -3.88. The highest BCUT2D eigenvalue weighted by Gasteiger charge is 2.72. The molecule has 228 valence electrons. The maximum Gasteiger partial charge on any atom is 0.405 e. The molecule has 2 aromatic carbocycles. The molecule has 11 nitrogen and oxygen atoms in total. The summed E-state index contributed by atoms with van der Waals surface area (Å²) in [6, 6.07) is 15.5. The highest BCUT2D eigenvalue weighted by atomic mass is 35.5. The summed E-state index contributed by atoms with van der Waals surface area (Å²) in [5.74, 6) is 0.370. The van der Waals surface area contributed by atoms with Crippen molar-refractivity contribution in [2.75, 3.05) is 5.32 Å². The molecule has 0 radical (unpaired) electrons. The number of carbonyl (C=O) groups excluding carboxylic acids is 1. The lowest BCUT2D eigenvalue weighted by Crippen LogP contribution is -2.78. The first-order chi connectivity index (χ1) is 21.1. The topological polar surface area (TPSA) is 155 Å². The van der Waals surface area contributed by atoms with Crippen molar-refractivity contribution in [1.82, 2.24) is 24.6 Å². The quantitative estimate of drug-likeness (QED) is 0.211. The summed E-state index contributed by atoms with van der Waals surface area (Å²) < 4.78 is 28.4. The van der Waals surface area contributed by atoms with Crippen LogP contribution in [0.15, 0.2) is 71.9 Å². The molecule has 4 saturated carbocycles. The molecule has 4 fully saturated rings. The smallest absolute Gasteiger partial charge is 0.405 e. The van der Waals surface area contributed by atoms with Gasteiger partial charge in [-0.25, -0.2) is 27.2 Å². The number of aromatic nitrogens is 3. The maximum absolute atomic E-state index is 13.6. The number of anilines is 1. The SMILES string of the molecule is O=C(O)NC12CC(C(=O)NC3CCCC(Nc4ncc(Cl)c(-c5cn(S(=O)(=O)c6ccccc6)c6ccccc56)n4)C3)(C1)C2. The normalized spacial score (nSPS) is 25.8. The van der Waals surface area contributed by atoms with E-state index in [1.165, 1.54) is 10.2 Å². The minimum Gasteiger partial charge on any atom is -0.465 e. The van der Waals surface area contributed by atoms with Gasteiger partial charge < -0.3 is 21.1 Å². The number of amides is 2. The van der Waals surface area contributed by atoms with E-state index >= 15 is 0 Å². The summed E-state index contributed by atoms with van der Waals surface area (Å²) in [6.07, 6.45) is 7.01. The second-order valence-electron chi connectivity index (χ2n) is 12.3. The van der Waals surface area contributed by atoms with E-state index in [-0.39, 0.29) is 27.9 Å². The molecular weight excluding hydrogens is 604 g/mol. The number of rotatable bonds is 8. The Kier molecular flexibility index (Phi) is 6.81. The van der Waals surface area contributed by atoms with E-state index in [0.29, 0.717) is 53.8 Å². The molecule has 13 heteroatoms. The van der Waals surface area contributed by atoms with Gasteiger partial charge in [-0.2, -0.15) is 0 Å². The molecule has 4 aromatic rings. The van der Waals surface area contributed by atoms with E-state index in [1.807, 2.05) is 12.1 Å². The van der Waals surface area contributed by atoms with Crippen molar-refractivity contribution in [3.63, 3.8) is 0 Å². The van der Waals surface area contributed by atoms with Crippen LogP contribution in [0.1, 0.15) is 44.9 Å². The fourth-order valence-electron chi connectivity index (χ4n) is 7.23. The number of nitrogens with zero attached hydrogens (tertiary/aromatic N) is 3. The lowest BCUT2D eigenvalue weighted by Gasteiger charge is -2.68. The van der Waals surface area contributed by atoms with Crippen LogP contribution in [0.25, 0.3) is 22.2 Å². The molecule has 2 bridgehead atoms. The van der Waals surface area contributed by atoms with Gasteiger partial charge in [-0.05, 0) is 63.1 Å². The number of benzene rings is 2. The van der Waals surface area contributed by atoms with Crippen LogP contribution in [0.5, 0.6) is 0 Å². The van der Waals surface area contributed by atoms with Gasteiger partial charge in [-0.1, -0.05) is 48.0 Å². The first-order valence-electron chi connectivity index (χ1n) is 14.6. The van der Waals surface area contributed by atoms with Crippen molar-refractivity contribution in [3.8, 4) is 11.3 Å². The third-order valence-corrected chi connectivity index (χ3v) is 11.2. The molecule has 4 aliphatic carbocycles. The Morgan fingerprint density at radius 2 is 1.70 bits per heavy atom. The van der Waals surface area contributed by atoms with Gasteiger partial charge in [0.05, 0.1) is 32.7 Å². The molecular formula is C31H31ClN6O5S. The van der Waals surface area contributed by atoms with Crippen LogP contribution in [-0.2, 0) is 14.8 Å². The van der Waals surface area contributed by atoms with E-state index in [9.17, 15) is 18.0 Å². The molecule has 2 unspecified atom stereocenters. The van der Waals surface area contributed by atoms with E-state index < -0.39 is 27.1 Å². The fourth-order valence-corrected chi connectivity index (χ4v) is 8.81. The Labute approximate surface area is 259 Å². The zero-order valence-corrected chi connectivity index (χ0v) is 25.2. The highest BCUT2D eigenvalue weighted by molar-refractivity contribution is 7.90. The zero-order valence-electron chi connectivity index (χ0n) is 23.7. The maximum atomic E-state index is 13.6. The molecule has 0 saturated heterocycles. The third kappa shape index (κ3) is 4.86. The lowest BCUT2D eigenvalue weighted by atomic mass is 9.39.